The molecule has 3 heteroatoms. The predicted molar refractivity (Wildman–Crippen MR) is 72.2 cm³/mol. The first-order valence-corrected chi connectivity index (χ1v) is 6.71. The van der Waals surface area contributed by atoms with Gasteiger partial charge in [0, 0.05) is 28.6 Å². The molecule has 0 aliphatic rings. The van der Waals surface area contributed by atoms with Gasteiger partial charge in [0.15, 0.2) is 0 Å². The van der Waals surface area contributed by atoms with Crippen molar-refractivity contribution < 1.29 is 0 Å². The normalized spacial score (nSPS) is 10.8. The fourth-order valence-corrected chi connectivity index (χ4v) is 2.40. The van der Waals surface area contributed by atoms with Crippen LogP contribution in [0.3, 0.4) is 0 Å². The number of anilines is 1. The van der Waals surface area contributed by atoms with Crippen molar-refractivity contribution in [3.8, 4) is 0 Å². The van der Waals surface area contributed by atoms with Crippen molar-refractivity contribution in [2.75, 3.05) is 11.4 Å². The zero-order chi connectivity index (χ0) is 11.4. The van der Waals surface area contributed by atoms with E-state index in [4.69, 9.17) is 11.6 Å². The topological polar surface area (TPSA) is 3.24 Å². The Morgan fingerprint density at radius 3 is 2.53 bits per heavy atom. The number of rotatable bonds is 4. The van der Waals surface area contributed by atoms with Gasteiger partial charge in [-0.2, -0.15) is 0 Å². The van der Waals surface area contributed by atoms with Gasteiger partial charge < -0.3 is 4.90 Å². The van der Waals surface area contributed by atoms with E-state index >= 15 is 0 Å². The summed E-state index contributed by atoms with van der Waals surface area (Å²) in [6.07, 6.45) is 0. The quantitative estimate of drug-likeness (QED) is 0.740. The Hall–Kier alpha value is -0.210. The van der Waals surface area contributed by atoms with Crippen LogP contribution in [0, 0.1) is 0 Å². The predicted octanol–water partition coefficient (Wildman–Crippen LogP) is 4.47. The number of nitrogens with zero attached hydrogens (tertiary/aromatic N) is 1. The second kappa shape index (κ2) is 5.76. The molecular weight excluding hydrogens is 273 g/mol. The monoisotopic (exact) mass is 289 g/mol. The van der Waals surface area contributed by atoms with Crippen LogP contribution in [0.2, 0.25) is 5.02 Å². The molecule has 0 saturated heterocycles. The van der Waals surface area contributed by atoms with E-state index in [2.05, 4.69) is 47.7 Å². The smallest absolute Gasteiger partial charge is 0.0410 e. The van der Waals surface area contributed by atoms with Crippen molar-refractivity contribution in [2.45, 2.75) is 32.1 Å². The molecule has 0 atom stereocenters. The Labute approximate surface area is 106 Å². The first kappa shape index (κ1) is 12.9. The van der Waals surface area contributed by atoms with Crippen LogP contribution in [0.1, 0.15) is 26.3 Å². The Balaban J connectivity index is 3.11. The summed E-state index contributed by atoms with van der Waals surface area (Å²) in [5.41, 5.74) is 2.52. The molecule has 0 radical (unpaired) electrons. The summed E-state index contributed by atoms with van der Waals surface area (Å²) >= 11 is 9.49. The van der Waals surface area contributed by atoms with Crippen LogP contribution in [0.25, 0.3) is 0 Å². The molecule has 0 N–H and O–H groups in total. The lowest BCUT2D eigenvalue weighted by Gasteiger charge is -2.29. The number of hydrogen-bond donors (Lipinski definition) is 0. The molecule has 1 rings (SSSR count). The van der Waals surface area contributed by atoms with Crippen molar-refractivity contribution in [3.05, 3.63) is 28.8 Å². The highest BCUT2D eigenvalue weighted by Crippen LogP contribution is 2.27. The van der Waals surface area contributed by atoms with E-state index in [9.17, 15) is 0 Å². The zero-order valence-electron chi connectivity index (χ0n) is 9.43. The van der Waals surface area contributed by atoms with Crippen molar-refractivity contribution in [1.82, 2.24) is 0 Å². The molecule has 0 unspecified atom stereocenters. The van der Waals surface area contributed by atoms with E-state index in [-0.39, 0.29) is 0 Å². The fraction of sp³-hybridized carbons (Fsp3) is 0.500. The Morgan fingerprint density at radius 1 is 1.40 bits per heavy atom. The van der Waals surface area contributed by atoms with Gasteiger partial charge in [-0.25, -0.2) is 0 Å². The summed E-state index contributed by atoms with van der Waals surface area (Å²) < 4.78 is 0. The third kappa shape index (κ3) is 3.12. The van der Waals surface area contributed by atoms with E-state index in [1.165, 1.54) is 11.3 Å². The highest BCUT2D eigenvalue weighted by molar-refractivity contribution is 9.08. The maximum absolute atomic E-state index is 5.98. The molecule has 0 heterocycles. The maximum atomic E-state index is 5.98. The van der Waals surface area contributed by atoms with Gasteiger partial charge in [0.2, 0.25) is 0 Å². The molecule has 0 aromatic heterocycles. The fourth-order valence-electron chi connectivity index (χ4n) is 1.75. The Morgan fingerprint density at radius 2 is 2.07 bits per heavy atom. The van der Waals surface area contributed by atoms with Crippen molar-refractivity contribution >= 4 is 33.2 Å². The lowest BCUT2D eigenvalue weighted by molar-refractivity contribution is 0.701. The highest BCUT2D eigenvalue weighted by atomic mass is 79.9. The van der Waals surface area contributed by atoms with Gasteiger partial charge in [-0.1, -0.05) is 27.5 Å². The summed E-state index contributed by atoms with van der Waals surface area (Å²) in [7, 11) is 0. The van der Waals surface area contributed by atoms with Crippen LogP contribution in [-0.4, -0.2) is 12.6 Å². The molecule has 0 spiro atoms. The van der Waals surface area contributed by atoms with Crippen molar-refractivity contribution in [1.29, 1.82) is 0 Å². The van der Waals surface area contributed by atoms with Crippen LogP contribution in [0.15, 0.2) is 18.2 Å². The van der Waals surface area contributed by atoms with Gasteiger partial charge in [0.05, 0.1) is 0 Å². The van der Waals surface area contributed by atoms with Gasteiger partial charge in [-0.15, -0.1) is 0 Å². The van der Waals surface area contributed by atoms with Crippen LogP contribution in [-0.2, 0) is 5.33 Å². The largest absolute Gasteiger partial charge is 0.369 e. The SMILES string of the molecule is CCN(c1ccc(Cl)cc1CBr)C(C)C. The maximum Gasteiger partial charge on any atom is 0.0410 e. The molecule has 1 aromatic rings. The number of alkyl halides is 1. The first-order valence-electron chi connectivity index (χ1n) is 5.21. The molecule has 0 aliphatic heterocycles. The summed E-state index contributed by atoms with van der Waals surface area (Å²) in [5.74, 6) is 0. The van der Waals surface area contributed by atoms with E-state index in [1.54, 1.807) is 0 Å². The summed E-state index contributed by atoms with van der Waals surface area (Å²) in [6.45, 7) is 7.60. The molecular formula is C12H17BrClN. The van der Waals surface area contributed by atoms with Crippen LogP contribution in [0.5, 0.6) is 0 Å². The third-order valence-electron chi connectivity index (χ3n) is 2.46. The number of benzene rings is 1. The van der Waals surface area contributed by atoms with E-state index < -0.39 is 0 Å². The summed E-state index contributed by atoms with van der Waals surface area (Å²) in [5, 5.41) is 1.64. The molecule has 0 bridgehead atoms. The molecule has 0 saturated carbocycles. The second-order valence-electron chi connectivity index (χ2n) is 3.79. The highest BCUT2D eigenvalue weighted by Gasteiger charge is 2.12. The van der Waals surface area contributed by atoms with Gasteiger partial charge >= 0.3 is 0 Å². The van der Waals surface area contributed by atoms with Crippen molar-refractivity contribution in [3.63, 3.8) is 0 Å². The molecule has 84 valence electrons. The minimum atomic E-state index is 0.508. The van der Waals surface area contributed by atoms with Gasteiger partial charge in [0.1, 0.15) is 0 Å². The summed E-state index contributed by atoms with van der Waals surface area (Å²) in [6, 6.07) is 6.58. The van der Waals surface area contributed by atoms with Crippen LogP contribution < -0.4 is 4.90 Å². The molecule has 0 fully saturated rings. The van der Waals surface area contributed by atoms with Gasteiger partial charge in [-0.05, 0) is 44.5 Å². The van der Waals surface area contributed by atoms with Gasteiger partial charge in [-0.3, -0.25) is 0 Å². The molecule has 0 amide bonds. The average molecular weight is 291 g/mol. The number of halogens is 2. The molecule has 15 heavy (non-hydrogen) atoms. The Bertz CT molecular complexity index is 325. The molecule has 0 aliphatic carbocycles. The first-order chi connectivity index (χ1) is 7.10. The minimum Gasteiger partial charge on any atom is -0.369 e. The van der Waals surface area contributed by atoms with Crippen LogP contribution >= 0.6 is 27.5 Å². The summed E-state index contributed by atoms with van der Waals surface area (Å²) in [4.78, 5) is 2.37. The van der Waals surface area contributed by atoms with Crippen molar-refractivity contribution in [2.24, 2.45) is 0 Å². The third-order valence-corrected chi connectivity index (χ3v) is 3.30. The molecule has 1 aromatic carbocycles. The lowest BCUT2D eigenvalue weighted by Crippen LogP contribution is -2.31. The minimum absolute atomic E-state index is 0.508. The average Bonchev–Trinajstić information content (AvgIpc) is 2.20. The Kier molecular flexibility index (Phi) is 4.94. The standard InChI is InChI=1S/C12H17BrClN/c1-4-15(9(2)3)12-6-5-11(14)7-10(12)8-13/h5-7,9H,4,8H2,1-3H3. The van der Waals surface area contributed by atoms with Gasteiger partial charge in [0.25, 0.3) is 0 Å². The number of hydrogen-bond acceptors (Lipinski definition) is 1. The van der Waals surface area contributed by atoms with E-state index in [1.807, 2.05) is 12.1 Å². The molecule has 1 nitrogen and oxygen atoms in total. The zero-order valence-corrected chi connectivity index (χ0v) is 11.8. The second-order valence-corrected chi connectivity index (χ2v) is 4.78. The van der Waals surface area contributed by atoms with E-state index in [0.29, 0.717) is 6.04 Å². The lowest BCUT2D eigenvalue weighted by atomic mass is 10.1. The van der Waals surface area contributed by atoms with E-state index in [0.717, 1.165) is 16.9 Å². The van der Waals surface area contributed by atoms with Crippen LogP contribution in [0.4, 0.5) is 5.69 Å².